The predicted octanol–water partition coefficient (Wildman–Crippen LogP) is 1.46. The van der Waals surface area contributed by atoms with Crippen molar-refractivity contribution in [1.29, 1.82) is 0 Å². The first kappa shape index (κ1) is 26.4. The maximum atomic E-state index is 2.31. The van der Waals surface area contributed by atoms with Gasteiger partial charge in [0, 0.05) is 0 Å². The van der Waals surface area contributed by atoms with Gasteiger partial charge in [-0.2, -0.15) is 0 Å². The van der Waals surface area contributed by atoms with Crippen LogP contribution in [0.3, 0.4) is 0 Å². The van der Waals surface area contributed by atoms with E-state index >= 15 is 0 Å². The lowest BCUT2D eigenvalue weighted by Gasteiger charge is -2.28. The van der Waals surface area contributed by atoms with Gasteiger partial charge in [-0.15, -0.1) is 0 Å². The minimum Gasteiger partial charge on any atom is -0.870 e. The standard InChI is InChI=1S/C10H24N.C4H11N.2H2O/c1-5-7-8-9-10-11(3,4)6-2;1-4-5(2)3;;/h5-10H2,1-4H3;4H2,1-3H3;2*1H2/q+1;;;/p-1. The fraction of sp³-hybridized carbons (Fsp3) is 1.00. The van der Waals surface area contributed by atoms with Crippen molar-refractivity contribution in [2.75, 3.05) is 47.8 Å². The van der Waals surface area contributed by atoms with Gasteiger partial charge in [0.15, 0.2) is 0 Å². The van der Waals surface area contributed by atoms with Crippen molar-refractivity contribution < 1.29 is 20.3 Å². The summed E-state index contributed by atoms with van der Waals surface area (Å²) in [4.78, 5) is 1.50. The average Bonchev–Trinajstić information content (AvgIpc) is 2.25. The monoisotopic (exact) mass is 266 g/mol. The summed E-state index contributed by atoms with van der Waals surface area (Å²) < 4.78 is 1.18. The molecule has 0 bridgehead atoms. The Hall–Kier alpha value is -0.160. The van der Waals surface area contributed by atoms with Gasteiger partial charge in [0.05, 0.1) is 47.8 Å². The van der Waals surface area contributed by atoms with Crippen LogP contribution in [-0.4, -0.2) is 63.3 Å². The Morgan fingerprint density at radius 2 is 1.28 bits per heavy atom. The molecule has 0 amide bonds. The van der Waals surface area contributed by atoms with Crippen molar-refractivity contribution >= 4 is 0 Å². The zero-order valence-electron chi connectivity index (χ0n) is 13.8. The summed E-state index contributed by atoms with van der Waals surface area (Å²) in [6.45, 7) is 10.5. The fourth-order valence-corrected chi connectivity index (χ4v) is 1.12. The van der Waals surface area contributed by atoms with E-state index in [1.54, 1.807) is 0 Å². The maximum absolute atomic E-state index is 2.31. The maximum Gasteiger partial charge on any atom is 0.0782 e. The van der Waals surface area contributed by atoms with Gasteiger partial charge in [-0.25, -0.2) is 0 Å². The van der Waals surface area contributed by atoms with Crippen molar-refractivity contribution in [2.24, 2.45) is 0 Å². The second-order valence-electron chi connectivity index (χ2n) is 5.60. The van der Waals surface area contributed by atoms with Crippen LogP contribution in [0.5, 0.6) is 0 Å². The van der Waals surface area contributed by atoms with Crippen LogP contribution in [0.1, 0.15) is 46.5 Å². The molecule has 0 unspecified atom stereocenters. The Bertz CT molecular complexity index is 140. The van der Waals surface area contributed by atoms with Gasteiger partial charge in [0.25, 0.3) is 0 Å². The Kier molecular flexibility index (Phi) is 24.7. The van der Waals surface area contributed by atoms with Gasteiger partial charge in [-0.05, 0) is 26.7 Å². The number of unbranched alkanes of at least 4 members (excludes halogenated alkanes) is 3. The van der Waals surface area contributed by atoms with Crippen molar-refractivity contribution in [3.63, 3.8) is 0 Å². The Balaban J connectivity index is -0.000000122. The van der Waals surface area contributed by atoms with Gasteiger partial charge in [-0.1, -0.05) is 19.8 Å². The molecule has 0 aliphatic rings. The summed E-state index contributed by atoms with van der Waals surface area (Å²) in [7, 11) is 8.90. The van der Waals surface area contributed by atoms with E-state index in [1.165, 1.54) is 54.7 Å². The molecule has 0 aromatic carbocycles. The second kappa shape index (κ2) is 16.8. The number of quaternary nitrogens is 2. The highest BCUT2D eigenvalue weighted by molar-refractivity contribution is 4.39. The third kappa shape index (κ3) is 24.9. The average molecular weight is 266 g/mol. The summed E-state index contributed by atoms with van der Waals surface area (Å²) in [6, 6.07) is 0. The molecule has 0 fully saturated rings. The molecule has 4 heteroatoms. The molecule has 0 aromatic rings. The molecule has 0 saturated heterocycles. The third-order valence-electron chi connectivity index (χ3n) is 3.18. The molecule has 0 spiro atoms. The largest absolute Gasteiger partial charge is 0.870 e. The van der Waals surface area contributed by atoms with E-state index < -0.39 is 0 Å². The van der Waals surface area contributed by atoms with Gasteiger partial charge in [-0.3, -0.25) is 0 Å². The highest BCUT2D eigenvalue weighted by Gasteiger charge is 2.09. The molecule has 0 rings (SSSR count). The summed E-state index contributed by atoms with van der Waals surface area (Å²) in [5.74, 6) is 0. The van der Waals surface area contributed by atoms with Crippen molar-refractivity contribution in [3.05, 3.63) is 0 Å². The van der Waals surface area contributed by atoms with E-state index in [2.05, 4.69) is 49.0 Å². The normalized spacial score (nSPS) is 10.0. The molecule has 0 aliphatic heterocycles. The number of hydrogen-bond donors (Lipinski definition) is 1. The van der Waals surface area contributed by atoms with E-state index in [9.17, 15) is 0 Å². The summed E-state index contributed by atoms with van der Waals surface area (Å²) in [5, 5.41) is 0. The lowest BCUT2D eigenvalue weighted by molar-refractivity contribution is -0.888. The van der Waals surface area contributed by atoms with Gasteiger partial charge < -0.3 is 20.3 Å². The number of nitrogens with one attached hydrogen (secondary N) is 1. The van der Waals surface area contributed by atoms with Crippen molar-refractivity contribution in [3.8, 4) is 0 Å². The molecular formula is C14H38N2O2. The first-order valence-electron chi connectivity index (χ1n) is 7.00. The van der Waals surface area contributed by atoms with Crippen LogP contribution in [0.15, 0.2) is 0 Å². The topological polar surface area (TPSA) is 64.4 Å². The molecule has 116 valence electrons. The Labute approximate surface area is 115 Å². The fourth-order valence-electron chi connectivity index (χ4n) is 1.12. The molecule has 0 aliphatic carbocycles. The van der Waals surface area contributed by atoms with Crippen molar-refractivity contribution in [1.82, 2.24) is 0 Å². The molecule has 0 atom stereocenters. The highest BCUT2D eigenvalue weighted by atomic mass is 16.0. The van der Waals surface area contributed by atoms with Crippen LogP contribution in [0, 0.1) is 0 Å². The van der Waals surface area contributed by atoms with E-state index in [0.29, 0.717) is 0 Å². The minimum absolute atomic E-state index is 0. The minimum atomic E-state index is 0. The SMILES string of the molecule is CCCCCC[N+](C)(C)CC.CC[NH+](C)C.[OH-].[OH-]. The van der Waals surface area contributed by atoms with Crippen LogP contribution in [0.25, 0.3) is 0 Å². The van der Waals surface area contributed by atoms with Crippen LogP contribution < -0.4 is 4.90 Å². The first-order valence-corrected chi connectivity index (χ1v) is 7.00. The Morgan fingerprint density at radius 3 is 1.56 bits per heavy atom. The number of hydrogen-bond acceptors (Lipinski definition) is 2. The predicted molar refractivity (Wildman–Crippen MR) is 78.9 cm³/mol. The van der Waals surface area contributed by atoms with E-state index in [4.69, 9.17) is 0 Å². The molecule has 18 heavy (non-hydrogen) atoms. The molecule has 0 heterocycles. The van der Waals surface area contributed by atoms with Crippen LogP contribution in [0.2, 0.25) is 0 Å². The van der Waals surface area contributed by atoms with Crippen LogP contribution in [-0.2, 0) is 0 Å². The van der Waals surface area contributed by atoms with Crippen LogP contribution in [0.4, 0.5) is 0 Å². The first-order chi connectivity index (χ1) is 7.39. The van der Waals surface area contributed by atoms with Gasteiger partial charge in [0.1, 0.15) is 0 Å². The number of rotatable bonds is 7. The highest BCUT2D eigenvalue weighted by Crippen LogP contribution is 2.04. The molecule has 0 radical (unpaired) electrons. The third-order valence-corrected chi connectivity index (χ3v) is 3.18. The zero-order valence-corrected chi connectivity index (χ0v) is 13.8. The van der Waals surface area contributed by atoms with Gasteiger partial charge in [0.2, 0.25) is 0 Å². The molecule has 0 saturated carbocycles. The summed E-state index contributed by atoms with van der Waals surface area (Å²) >= 11 is 0. The van der Waals surface area contributed by atoms with E-state index in [1.807, 2.05) is 0 Å². The molecule has 3 N–H and O–H groups in total. The second-order valence-corrected chi connectivity index (χ2v) is 5.60. The molecular weight excluding hydrogens is 228 g/mol. The van der Waals surface area contributed by atoms with Crippen LogP contribution >= 0.6 is 0 Å². The number of nitrogens with zero attached hydrogens (tertiary/aromatic N) is 1. The quantitative estimate of drug-likeness (QED) is 0.560. The smallest absolute Gasteiger partial charge is 0.0782 e. The lowest BCUT2D eigenvalue weighted by atomic mass is 10.2. The molecule has 0 aromatic heterocycles. The summed E-state index contributed by atoms with van der Waals surface area (Å²) in [5.41, 5.74) is 0. The van der Waals surface area contributed by atoms with Gasteiger partial charge >= 0.3 is 0 Å². The Morgan fingerprint density at radius 1 is 0.833 bits per heavy atom. The van der Waals surface area contributed by atoms with E-state index in [0.717, 1.165) is 0 Å². The summed E-state index contributed by atoms with van der Waals surface area (Å²) in [6.07, 6.45) is 5.57. The zero-order chi connectivity index (χ0) is 13.0. The lowest BCUT2D eigenvalue weighted by Crippen LogP contribution is -3.05. The molecule has 4 nitrogen and oxygen atoms in total. The van der Waals surface area contributed by atoms with E-state index in [-0.39, 0.29) is 11.0 Å². The van der Waals surface area contributed by atoms with Crippen molar-refractivity contribution in [2.45, 2.75) is 46.5 Å².